The summed E-state index contributed by atoms with van der Waals surface area (Å²) in [7, 11) is 0. The lowest BCUT2D eigenvalue weighted by molar-refractivity contribution is 0.186. The van der Waals surface area contributed by atoms with Crippen molar-refractivity contribution in [2.24, 2.45) is 17.7 Å². The van der Waals surface area contributed by atoms with E-state index in [1.807, 2.05) is 0 Å². The predicted molar refractivity (Wildman–Crippen MR) is 66.3 cm³/mol. The predicted octanol–water partition coefficient (Wildman–Crippen LogP) is 1.88. The first-order valence-electron chi connectivity index (χ1n) is 5.97. The lowest BCUT2D eigenvalue weighted by Crippen LogP contribution is -2.22. The molecule has 0 fully saturated rings. The van der Waals surface area contributed by atoms with E-state index >= 15 is 0 Å². The number of hydrazine groups is 1. The van der Waals surface area contributed by atoms with Crippen molar-refractivity contribution in [2.45, 2.75) is 19.8 Å². The Morgan fingerprint density at radius 1 is 1.50 bits per heavy atom. The number of ether oxygens (including phenoxy) is 1. The van der Waals surface area contributed by atoms with Crippen LogP contribution in [0.3, 0.4) is 0 Å². The molecule has 1 aliphatic carbocycles. The van der Waals surface area contributed by atoms with Gasteiger partial charge >= 0.3 is 0 Å². The summed E-state index contributed by atoms with van der Waals surface area (Å²) >= 11 is 0. The van der Waals surface area contributed by atoms with Crippen molar-refractivity contribution in [1.29, 1.82) is 0 Å². The van der Waals surface area contributed by atoms with Gasteiger partial charge in [0, 0.05) is 0 Å². The summed E-state index contributed by atoms with van der Waals surface area (Å²) in [6, 6.07) is 0. The van der Waals surface area contributed by atoms with Crippen LogP contribution in [0.5, 0.6) is 5.88 Å². The van der Waals surface area contributed by atoms with Crippen molar-refractivity contribution in [2.75, 3.05) is 12.0 Å². The van der Waals surface area contributed by atoms with Gasteiger partial charge in [-0.2, -0.15) is 9.37 Å². The molecule has 0 amide bonds. The number of anilines is 1. The summed E-state index contributed by atoms with van der Waals surface area (Å²) in [6.07, 6.45) is 7.34. The summed E-state index contributed by atoms with van der Waals surface area (Å²) < 4.78 is 18.9. The van der Waals surface area contributed by atoms with Crippen LogP contribution in [0.1, 0.15) is 19.8 Å². The lowest BCUT2D eigenvalue weighted by Gasteiger charge is -2.24. The van der Waals surface area contributed by atoms with Crippen LogP contribution >= 0.6 is 0 Å². The SMILES string of the molecule is CC1CC=CCC1COc1nc(NN)ncc1F. The van der Waals surface area contributed by atoms with E-state index in [0.29, 0.717) is 18.4 Å². The highest BCUT2D eigenvalue weighted by atomic mass is 19.1. The molecule has 2 atom stereocenters. The quantitative estimate of drug-likeness (QED) is 0.486. The van der Waals surface area contributed by atoms with Gasteiger partial charge in [0.25, 0.3) is 5.88 Å². The number of nitrogen functional groups attached to an aromatic ring is 1. The lowest BCUT2D eigenvalue weighted by atomic mass is 9.85. The number of nitrogens with zero attached hydrogens (tertiary/aromatic N) is 2. The first kappa shape index (κ1) is 12.8. The van der Waals surface area contributed by atoms with Crippen LogP contribution in [0.4, 0.5) is 10.3 Å². The number of hydrogen-bond donors (Lipinski definition) is 2. The fraction of sp³-hybridized carbons (Fsp3) is 0.500. The van der Waals surface area contributed by atoms with Gasteiger partial charge in [-0.15, -0.1) is 0 Å². The Kier molecular flexibility index (Phi) is 4.09. The van der Waals surface area contributed by atoms with Crippen LogP contribution in [0, 0.1) is 17.7 Å². The summed E-state index contributed by atoms with van der Waals surface area (Å²) in [5, 5.41) is 0. The molecule has 0 radical (unpaired) electrons. The fourth-order valence-electron chi connectivity index (χ4n) is 1.95. The van der Waals surface area contributed by atoms with Gasteiger partial charge in [0.05, 0.1) is 12.8 Å². The van der Waals surface area contributed by atoms with Crippen LogP contribution < -0.4 is 16.0 Å². The molecule has 1 aromatic heterocycles. The average molecular weight is 252 g/mol. The summed E-state index contributed by atoms with van der Waals surface area (Å²) in [6.45, 7) is 2.62. The minimum atomic E-state index is -0.576. The van der Waals surface area contributed by atoms with Gasteiger partial charge in [-0.3, -0.25) is 5.43 Å². The minimum Gasteiger partial charge on any atom is -0.475 e. The molecule has 0 saturated carbocycles. The summed E-state index contributed by atoms with van der Waals surface area (Å²) in [5.74, 6) is 5.60. The molecule has 2 rings (SSSR count). The van der Waals surface area contributed by atoms with Crippen LogP contribution in [0.2, 0.25) is 0 Å². The van der Waals surface area contributed by atoms with E-state index in [2.05, 4.69) is 34.5 Å². The molecule has 1 heterocycles. The number of rotatable bonds is 4. The third-order valence-corrected chi connectivity index (χ3v) is 3.19. The fourth-order valence-corrected chi connectivity index (χ4v) is 1.95. The van der Waals surface area contributed by atoms with Crippen LogP contribution in [0.25, 0.3) is 0 Å². The number of aromatic nitrogens is 2. The minimum absolute atomic E-state index is 0.0558. The maximum atomic E-state index is 13.4. The Labute approximate surface area is 105 Å². The van der Waals surface area contributed by atoms with Crippen molar-refractivity contribution >= 4 is 5.95 Å². The molecule has 1 aliphatic rings. The zero-order chi connectivity index (χ0) is 13.0. The van der Waals surface area contributed by atoms with Crippen LogP contribution in [-0.2, 0) is 0 Å². The summed E-state index contributed by atoms with van der Waals surface area (Å²) in [5.41, 5.74) is 2.26. The molecular formula is C12H17FN4O. The number of nitrogens with one attached hydrogen (secondary N) is 1. The molecule has 0 aromatic carbocycles. The standard InChI is InChI=1S/C12H17FN4O/c1-8-4-2-3-5-9(8)7-18-11-10(13)6-15-12(16-11)17-14/h2-3,6,8-9H,4-5,7,14H2,1H3,(H,15,16,17). The van der Waals surface area contributed by atoms with Crippen molar-refractivity contribution in [3.8, 4) is 5.88 Å². The zero-order valence-electron chi connectivity index (χ0n) is 10.3. The molecule has 3 N–H and O–H groups in total. The third kappa shape index (κ3) is 2.95. The van der Waals surface area contributed by atoms with Crippen molar-refractivity contribution < 1.29 is 9.13 Å². The molecule has 0 bridgehead atoms. The highest BCUT2D eigenvalue weighted by Gasteiger charge is 2.20. The van der Waals surface area contributed by atoms with Crippen LogP contribution in [0.15, 0.2) is 18.3 Å². The van der Waals surface area contributed by atoms with Gasteiger partial charge in [-0.05, 0) is 24.7 Å². The van der Waals surface area contributed by atoms with Crippen molar-refractivity contribution in [1.82, 2.24) is 9.97 Å². The monoisotopic (exact) mass is 252 g/mol. The van der Waals surface area contributed by atoms with E-state index in [1.54, 1.807) is 0 Å². The Morgan fingerprint density at radius 3 is 3.00 bits per heavy atom. The maximum Gasteiger partial charge on any atom is 0.255 e. The van der Waals surface area contributed by atoms with E-state index < -0.39 is 5.82 Å². The number of nitrogens with two attached hydrogens (primary N) is 1. The molecule has 18 heavy (non-hydrogen) atoms. The first-order valence-corrected chi connectivity index (χ1v) is 5.97. The molecule has 0 saturated heterocycles. The molecule has 5 nitrogen and oxygen atoms in total. The largest absolute Gasteiger partial charge is 0.475 e. The molecule has 0 aliphatic heterocycles. The highest BCUT2D eigenvalue weighted by Crippen LogP contribution is 2.26. The van der Waals surface area contributed by atoms with E-state index in [1.165, 1.54) is 0 Å². The van der Waals surface area contributed by atoms with Gasteiger partial charge < -0.3 is 4.74 Å². The molecular weight excluding hydrogens is 235 g/mol. The molecule has 98 valence electrons. The van der Waals surface area contributed by atoms with E-state index in [-0.39, 0.29) is 11.8 Å². The normalized spacial score (nSPS) is 22.8. The highest BCUT2D eigenvalue weighted by molar-refractivity contribution is 5.26. The summed E-state index contributed by atoms with van der Waals surface area (Å²) in [4.78, 5) is 7.49. The number of halogens is 1. The van der Waals surface area contributed by atoms with Gasteiger partial charge in [0.15, 0.2) is 0 Å². The van der Waals surface area contributed by atoms with Gasteiger partial charge in [0.1, 0.15) is 0 Å². The van der Waals surface area contributed by atoms with Gasteiger partial charge in [-0.1, -0.05) is 19.1 Å². The Hall–Kier alpha value is -1.69. The number of hydrogen-bond acceptors (Lipinski definition) is 5. The second-order valence-electron chi connectivity index (χ2n) is 4.48. The second-order valence-corrected chi connectivity index (χ2v) is 4.48. The van der Waals surface area contributed by atoms with Crippen molar-refractivity contribution in [3.05, 3.63) is 24.2 Å². The topological polar surface area (TPSA) is 73.1 Å². The van der Waals surface area contributed by atoms with Crippen molar-refractivity contribution in [3.63, 3.8) is 0 Å². The van der Waals surface area contributed by atoms with Gasteiger partial charge in [-0.25, -0.2) is 10.8 Å². The number of allylic oxidation sites excluding steroid dienone is 2. The average Bonchev–Trinajstić information content (AvgIpc) is 2.39. The maximum absolute atomic E-state index is 13.4. The van der Waals surface area contributed by atoms with E-state index in [0.717, 1.165) is 19.0 Å². The Balaban J connectivity index is 1.99. The molecule has 6 heteroatoms. The van der Waals surface area contributed by atoms with Crippen LogP contribution in [-0.4, -0.2) is 16.6 Å². The Bertz CT molecular complexity index is 438. The first-order chi connectivity index (χ1) is 8.70. The van der Waals surface area contributed by atoms with E-state index in [4.69, 9.17) is 10.6 Å². The molecule has 1 aromatic rings. The molecule has 2 unspecified atom stereocenters. The van der Waals surface area contributed by atoms with E-state index in [9.17, 15) is 4.39 Å². The van der Waals surface area contributed by atoms with Gasteiger partial charge in [0.2, 0.25) is 11.8 Å². The zero-order valence-corrected chi connectivity index (χ0v) is 10.3. The molecule has 0 spiro atoms. The second kappa shape index (κ2) is 5.77. The Morgan fingerprint density at radius 2 is 2.28 bits per heavy atom. The third-order valence-electron chi connectivity index (χ3n) is 3.19. The smallest absolute Gasteiger partial charge is 0.255 e.